The Morgan fingerprint density at radius 2 is 2.21 bits per heavy atom. The molecule has 0 fully saturated rings. The quantitative estimate of drug-likeness (QED) is 0.706. The van der Waals surface area contributed by atoms with Crippen LogP contribution < -0.4 is 11.5 Å². The van der Waals surface area contributed by atoms with E-state index in [0.717, 1.165) is 10.0 Å². The average Bonchev–Trinajstić information content (AvgIpc) is 2.11. The molecule has 1 aromatic rings. The molecule has 0 aromatic heterocycles. The molecule has 0 aliphatic heterocycles. The van der Waals surface area contributed by atoms with Crippen molar-refractivity contribution in [2.45, 2.75) is 12.5 Å². The summed E-state index contributed by atoms with van der Waals surface area (Å²) in [6.45, 7) is 0. The topological polar surface area (TPSA) is 89.3 Å². The number of halogens is 1. The van der Waals surface area contributed by atoms with Crippen molar-refractivity contribution in [3.8, 4) is 0 Å². The minimum atomic E-state index is -1.00. The first-order valence-electron chi connectivity index (χ1n) is 4.03. The van der Waals surface area contributed by atoms with Gasteiger partial charge in [0.05, 0.1) is 0 Å². The Kier molecular flexibility index (Phi) is 3.49. The van der Waals surface area contributed by atoms with Crippen molar-refractivity contribution < 1.29 is 9.90 Å². The second-order valence-electron chi connectivity index (χ2n) is 3.00. The van der Waals surface area contributed by atoms with Crippen molar-refractivity contribution in [1.29, 1.82) is 0 Å². The third kappa shape index (κ3) is 2.71. The van der Waals surface area contributed by atoms with Crippen LogP contribution in [0.2, 0.25) is 0 Å². The van der Waals surface area contributed by atoms with Gasteiger partial charge in [-0.15, -0.1) is 0 Å². The van der Waals surface area contributed by atoms with E-state index < -0.39 is 12.0 Å². The molecule has 0 unspecified atom stereocenters. The summed E-state index contributed by atoms with van der Waals surface area (Å²) in [5.41, 5.74) is 12.4. The first kappa shape index (κ1) is 11.0. The molecular formula is C9H11BrN2O2. The highest BCUT2D eigenvalue weighted by Gasteiger charge is 2.12. The Balaban J connectivity index is 2.78. The van der Waals surface area contributed by atoms with E-state index in [4.69, 9.17) is 16.6 Å². The third-order valence-corrected chi connectivity index (χ3v) is 2.52. The fraction of sp³-hybridized carbons (Fsp3) is 0.222. The lowest BCUT2D eigenvalue weighted by atomic mass is 10.1. The minimum Gasteiger partial charge on any atom is -0.480 e. The SMILES string of the molecule is Nc1ccc(C[C@@H](N)C(=O)O)cc1Br. The number of nitrogens with two attached hydrogens (primary N) is 2. The first-order chi connectivity index (χ1) is 6.50. The average molecular weight is 259 g/mol. The van der Waals surface area contributed by atoms with Gasteiger partial charge >= 0.3 is 5.97 Å². The van der Waals surface area contributed by atoms with Crippen LogP contribution in [0.15, 0.2) is 22.7 Å². The molecule has 0 radical (unpaired) electrons. The maximum atomic E-state index is 10.5. The molecule has 4 nitrogen and oxygen atoms in total. The molecule has 0 amide bonds. The highest BCUT2D eigenvalue weighted by Crippen LogP contribution is 2.20. The second kappa shape index (κ2) is 4.43. The molecule has 5 N–H and O–H groups in total. The van der Waals surface area contributed by atoms with Gasteiger partial charge in [0.2, 0.25) is 0 Å². The summed E-state index contributed by atoms with van der Waals surface area (Å²) in [6, 6.07) is 4.39. The number of aliphatic carboxylic acids is 1. The van der Waals surface area contributed by atoms with Crippen molar-refractivity contribution in [2.24, 2.45) is 5.73 Å². The molecule has 0 saturated heterocycles. The van der Waals surface area contributed by atoms with Crippen LogP contribution >= 0.6 is 15.9 Å². The van der Waals surface area contributed by atoms with Crippen LogP contribution in [0.3, 0.4) is 0 Å². The molecule has 76 valence electrons. The lowest BCUT2D eigenvalue weighted by Gasteiger charge is -2.07. The number of carboxylic acids is 1. The van der Waals surface area contributed by atoms with E-state index >= 15 is 0 Å². The number of carbonyl (C=O) groups is 1. The molecule has 0 heterocycles. The zero-order chi connectivity index (χ0) is 10.7. The summed E-state index contributed by atoms with van der Waals surface area (Å²) in [7, 11) is 0. The monoisotopic (exact) mass is 258 g/mol. The Bertz CT molecular complexity index is 355. The number of rotatable bonds is 3. The van der Waals surface area contributed by atoms with Crippen LogP contribution in [0, 0.1) is 0 Å². The number of nitrogen functional groups attached to an aromatic ring is 1. The van der Waals surface area contributed by atoms with Crippen LogP contribution in [0.5, 0.6) is 0 Å². The van der Waals surface area contributed by atoms with Gasteiger partial charge in [-0.1, -0.05) is 6.07 Å². The molecular weight excluding hydrogens is 248 g/mol. The van der Waals surface area contributed by atoms with Crippen molar-refractivity contribution >= 4 is 27.6 Å². The van der Waals surface area contributed by atoms with E-state index in [2.05, 4.69) is 15.9 Å². The third-order valence-electron chi connectivity index (χ3n) is 1.84. The molecule has 0 spiro atoms. The fourth-order valence-electron chi connectivity index (χ4n) is 1.04. The number of hydrogen-bond acceptors (Lipinski definition) is 3. The van der Waals surface area contributed by atoms with Gasteiger partial charge in [-0.2, -0.15) is 0 Å². The van der Waals surface area contributed by atoms with Gasteiger partial charge in [0.25, 0.3) is 0 Å². The predicted molar refractivity (Wildman–Crippen MR) is 57.9 cm³/mol. The van der Waals surface area contributed by atoms with E-state index in [1.807, 2.05) is 0 Å². The molecule has 0 aliphatic rings. The zero-order valence-electron chi connectivity index (χ0n) is 7.40. The lowest BCUT2D eigenvalue weighted by Crippen LogP contribution is -2.32. The maximum absolute atomic E-state index is 10.5. The zero-order valence-corrected chi connectivity index (χ0v) is 8.99. The summed E-state index contributed by atoms with van der Waals surface area (Å²) in [4.78, 5) is 10.5. The Labute approximate surface area is 90.0 Å². The lowest BCUT2D eigenvalue weighted by molar-refractivity contribution is -0.138. The smallest absolute Gasteiger partial charge is 0.320 e. The van der Waals surface area contributed by atoms with Crippen molar-refractivity contribution in [1.82, 2.24) is 0 Å². The van der Waals surface area contributed by atoms with Crippen molar-refractivity contribution in [2.75, 3.05) is 5.73 Å². The van der Waals surface area contributed by atoms with Crippen LogP contribution in [-0.2, 0) is 11.2 Å². The maximum Gasteiger partial charge on any atom is 0.320 e. The number of benzene rings is 1. The summed E-state index contributed by atoms with van der Waals surface area (Å²) in [5.74, 6) is -1.00. The molecule has 0 saturated carbocycles. The summed E-state index contributed by atoms with van der Waals surface area (Å²) >= 11 is 3.26. The summed E-state index contributed by atoms with van der Waals surface area (Å²) in [6.07, 6.45) is 0.300. The minimum absolute atomic E-state index is 0.300. The standard InChI is InChI=1S/C9H11BrN2O2/c10-6-3-5(1-2-7(6)11)4-8(12)9(13)14/h1-3,8H,4,11-12H2,(H,13,14)/t8-/m1/s1. The van der Waals surface area contributed by atoms with Gasteiger partial charge in [-0.3, -0.25) is 4.79 Å². The van der Waals surface area contributed by atoms with Gasteiger partial charge in [-0.25, -0.2) is 0 Å². The van der Waals surface area contributed by atoms with Gasteiger partial charge in [0, 0.05) is 10.2 Å². The Morgan fingerprint density at radius 1 is 1.57 bits per heavy atom. The molecule has 0 aliphatic carbocycles. The molecule has 1 aromatic carbocycles. The Morgan fingerprint density at radius 3 is 2.71 bits per heavy atom. The van der Waals surface area contributed by atoms with Crippen LogP contribution in [0.1, 0.15) is 5.56 Å². The summed E-state index contributed by atoms with van der Waals surface area (Å²) < 4.78 is 0.757. The normalized spacial score (nSPS) is 12.4. The molecule has 5 heteroatoms. The number of carboxylic acid groups (broad SMARTS) is 1. The first-order valence-corrected chi connectivity index (χ1v) is 4.82. The Hall–Kier alpha value is -1.07. The molecule has 14 heavy (non-hydrogen) atoms. The summed E-state index contributed by atoms with van der Waals surface area (Å²) in [5, 5.41) is 8.61. The van der Waals surface area contributed by atoms with Crippen LogP contribution in [0.4, 0.5) is 5.69 Å². The highest BCUT2D eigenvalue weighted by molar-refractivity contribution is 9.10. The van der Waals surface area contributed by atoms with Gasteiger partial charge in [0.1, 0.15) is 6.04 Å². The fourth-order valence-corrected chi connectivity index (χ4v) is 1.47. The predicted octanol–water partition coefficient (Wildman–Crippen LogP) is 0.986. The van der Waals surface area contributed by atoms with Crippen molar-refractivity contribution in [3.63, 3.8) is 0 Å². The number of hydrogen-bond donors (Lipinski definition) is 3. The highest BCUT2D eigenvalue weighted by atomic mass is 79.9. The van der Waals surface area contributed by atoms with E-state index in [0.29, 0.717) is 12.1 Å². The van der Waals surface area contributed by atoms with Gasteiger partial charge in [0.15, 0.2) is 0 Å². The van der Waals surface area contributed by atoms with Crippen LogP contribution in [0.25, 0.3) is 0 Å². The molecule has 1 rings (SSSR count). The molecule has 1 atom stereocenters. The number of anilines is 1. The van der Waals surface area contributed by atoms with Gasteiger partial charge < -0.3 is 16.6 Å². The van der Waals surface area contributed by atoms with E-state index in [1.54, 1.807) is 18.2 Å². The van der Waals surface area contributed by atoms with E-state index in [-0.39, 0.29) is 0 Å². The molecule has 0 bridgehead atoms. The van der Waals surface area contributed by atoms with Gasteiger partial charge in [-0.05, 0) is 40.0 Å². The van der Waals surface area contributed by atoms with E-state index in [9.17, 15) is 4.79 Å². The van der Waals surface area contributed by atoms with Crippen LogP contribution in [-0.4, -0.2) is 17.1 Å². The van der Waals surface area contributed by atoms with E-state index in [1.165, 1.54) is 0 Å². The largest absolute Gasteiger partial charge is 0.480 e. The van der Waals surface area contributed by atoms with Crippen molar-refractivity contribution in [3.05, 3.63) is 28.2 Å². The second-order valence-corrected chi connectivity index (χ2v) is 3.86.